The van der Waals surface area contributed by atoms with Crippen LogP contribution in [0.1, 0.15) is 44.4 Å². The van der Waals surface area contributed by atoms with Gasteiger partial charge in [0.2, 0.25) is 0 Å². The van der Waals surface area contributed by atoms with Crippen molar-refractivity contribution in [2.24, 2.45) is 5.92 Å². The SMILES string of the molecule is Cc1cccc(C)c1CN1CC(C(C)C)NCC1(C)C. The lowest BCUT2D eigenvalue weighted by Crippen LogP contribution is -2.62. The van der Waals surface area contributed by atoms with Crippen molar-refractivity contribution in [2.45, 2.75) is 59.7 Å². The molecule has 112 valence electrons. The van der Waals surface area contributed by atoms with E-state index in [1.807, 2.05) is 0 Å². The average Bonchev–Trinajstić information content (AvgIpc) is 2.35. The van der Waals surface area contributed by atoms with Gasteiger partial charge in [0.05, 0.1) is 0 Å². The topological polar surface area (TPSA) is 15.3 Å². The molecule has 2 rings (SSSR count). The van der Waals surface area contributed by atoms with Crippen molar-refractivity contribution in [3.63, 3.8) is 0 Å². The van der Waals surface area contributed by atoms with Crippen molar-refractivity contribution >= 4 is 0 Å². The fraction of sp³-hybridized carbons (Fsp3) is 0.667. The van der Waals surface area contributed by atoms with Crippen LogP contribution in [0.3, 0.4) is 0 Å². The van der Waals surface area contributed by atoms with E-state index < -0.39 is 0 Å². The molecule has 1 aromatic carbocycles. The van der Waals surface area contributed by atoms with E-state index in [1.165, 1.54) is 16.7 Å². The second-order valence-corrected chi connectivity index (χ2v) is 7.29. The van der Waals surface area contributed by atoms with Gasteiger partial charge in [0, 0.05) is 31.2 Å². The summed E-state index contributed by atoms with van der Waals surface area (Å²) in [5.74, 6) is 0.687. The Morgan fingerprint density at radius 1 is 1.25 bits per heavy atom. The largest absolute Gasteiger partial charge is 0.311 e. The highest BCUT2D eigenvalue weighted by molar-refractivity contribution is 5.33. The van der Waals surface area contributed by atoms with Gasteiger partial charge in [-0.05, 0) is 50.3 Å². The highest BCUT2D eigenvalue weighted by Crippen LogP contribution is 2.25. The number of piperazine rings is 1. The third kappa shape index (κ3) is 3.24. The first kappa shape index (κ1) is 15.5. The van der Waals surface area contributed by atoms with Crippen LogP contribution in [-0.2, 0) is 6.54 Å². The van der Waals surface area contributed by atoms with Crippen LogP contribution in [0.15, 0.2) is 18.2 Å². The molecule has 1 aliphatic rings. The molecule has 20 heavy (non-hydrogen) atoms. The van der Waals surface area contributed by atoms with Crippen molar-refractivity contribution in [3.05, 3.63) is 34.9 Å². The Morgan fingerprint density at radius 3 is 2.40 bits per heavy atom. The number of hydrogen-bond acceptors (Lipinski definition) is 2. The molecule has 0 radical (unpaired) electrons. The fourth-order valence-electron chi connectivity index (χ4n) is 3.06. The highest BCUT2D eigenvalue weighted by atomic mass is 15.3. The number of aryl methyl sites for hydroxylation is 2. The molecule has 0 amide bonds. The van der Waals surface area contributed by atoms with Crippen LogP contribution >= 0.6 is 0 Å². The maximum atomic E-state index is 3.71. The van der Waals surface area contributed by atoms with Gasteiger partial charge in [0.1, 0.15) is 0 Å². The number of rotatable bonds is 3. The number of benzene rings is 1. The molecular formula is C18H30N2. The molecule has 1 aliphatic heterocycles. The zero-order valence-electron chi connectivity index (χ0n) is 14.0. The molecule has 0 saturated carbocycles. The Balaban J connectivity index is 2.20. The van der Waals surface area contributed by atoms with Gasteiger partial charge in [0.15, 0.2) is 0 Å². The van der Waals surface area contributed by atoms with Crippen LogP contribution in [0, 0.1) is 19.8 Å². The Bertz CT molecular complexity index is 442. The van der Waals surface area contributed by atoms with Gasteiger partial charge >= 0.3 is 0 Å². The summed E-state index contributed by atoms with van der Waals surface area (Å²) in [4.78, 5) is 2.66. The minimum atomic E-state index is 0.222. The lowest BCUT2D eigenvalue weighted by Gasteiger charge is -2.47. The van der Waals surface area contributed by atoms with Crippen LogP contribution in [0.25, 0.3) is 0 Å². The van der Waals surface area contributed by atoms with Crippen LogP contribution in [0.4, 0.5) is 0 Å². The summed E-state index contributed by atoms with van der Waals surface area (Å²) in [6.07, 6.45) is 0. The van der Waals surface area contributed by atoms with E-state index in [-0.39, 0.29) is 5.54 Å². The molecule has 2 heteroatoms. The second kappa shape index (κ2) is 5.87. The molecule has 1 atom stereocenters. The lowest BCUT2D eigenvalue weighted by atomic mass is 9.91. The van der Waals surface area contributed by atoms with Gasteiger partial charge in [-0.1, -0.05) is 32.0 Å². The van der Waals surface area contributed by atoms with Gasteiger partial charge in [-0.25, -0.2) is 0 Å². The van der Waals surface area contributed by atoms with Gasteiger partial charge in [-0.3, -0.25) is 4.90 Å². The molecule has 0 spiro atoms. The summed E-state index contributed by atoms with van der Waals surface area (Å²) < 4.78 is 0. The summed E-state index contributed by atoms with van der Waals surface area (Å²) in [7, 11) is 0. The molecule has 2 nitrogen and oxygen atoms in total. The van der Waals surface area contributed by atoms with Crippen molar-refractivity contribution in [2.75, 3.05) is 13.1 Å². The van der Waals surface area contributed by atoms with Crippen LogP contribution < -0.4 is 5.32 Å². The molecule has 0 aromatic heterocycles. The van der Waals surface area contributed by atoms with Gasteiger partial charge in [-0.15, -0.1) is 0 Å². The first-order valence-electron chi connectivity index (χ1n) is 7.85. The number of nitrogens with zero attached hydrogens (tertiary/aromatic N) is 1. The Labute approximate surface area is 124 Å². The Morgan fingerprint density at radius 2 is 1.85 bits per heavy atom. The molecule has 1 saturated heterocycles. The molecule has 0 aliphatic carbocycles. The zero-order valence-corrected chi connectivity index (χ0v) is 14.0. The fourth-order valence-corrected chi connectivity index (χ4v) is 3.06. The van der Waals surface area contributed by atoms with E-state index in [0.717, 1.165) is 19.6 Å². The van der Waals surface area contributed by atoms with E-state index in [0.29, 0.717) is 12.0 Å². The minimum absolute atomic E-state index is 0.222. The van der Waals surface area contributed by atoms with E-state index in [1.54, 1.807) is 0 Å². The predicted octanol–water partition coefficient (Wildman–Crippen LogP) is 3.51. The summed E-state index contributed by atoms with van der Waals surface area (Å²) in [5.41, 5.74) is 4.56. The smallest absolute Gasteiger partial charge is 0.0281 e. The summed E-state index contributed by atoms with van der Waals surface area (Å²) in [6.45, 7) is 17.1. The second-order valence-electron chi connectivity index (χ2n) is 7.29. The standard InChI is InChI=1S/C18H30N2/c1-13(2)17-11-20(18(5,6)12-19-17)10-16-14(3)8-7-9-15(16)4/h7-9,13,17,19H,10-12H2,1-6H3. The predicted molar refractivity (Wildman–Crippen MR) is 87.0 cm³/mol. The number of nitrogens with one attached hydrogen (secondary N) is 1. The molecule has 1 fully saturated rings. The zero-order chi connectivity index (χ0) is 14.9. The maximum absolute atomic E-state index is 3.71. The van der Waals surface area contributed by atoms with Gasteiger partial charge < -0.3 is 5.32 Å². The van der Waals surface area contributed by atoms with Crippen LogP contribution in [0.2, 0.25) is 0 Å². The first-order chi connectivity index (χ1) is 9.31. The molecule has 0 bridgehead atoms. The molecule has 1 heterocycles. The normalized spacial score (nSPS) is 23.2. The summed E-state index contributed by atoms with van der Waals surface area (Å²) in [6, 6.07) is 7.23. The maximum Gasteiger partial charge on any atom is 0.0281 e. The highest BCUT2D eigenvalue weighted by Gasteiger charge is 2.35. The van der Waals surface area contributed by atoms with Gasteiger partial charge in [-0.2, -0.15) is 0 Å². The molecule has 1 N–H and O–H groups in total. The third-order valence-corrected chi connectivity index (χ3v) is 4.87. The summed E-state index contributed by atoms with van der Waals surface area (Å²) in [5, 5.41) is 3.71. The Kier molecular flexibility index (Phi) is 4.55. The monoisotopic (exact) mass is 274 g/mol. The quantitative estimate of drug-likeness (QED) is 0.907. The minimum Gasteiger partial charge on any atom is -0.311 e. The van der Waals surface area contributed by atoms with E-state index in [2.05, 4.69) is 70.0 Å². The lowest BCUT2D eigenvalue weighted by molar-refractivity contribution is 0.0472. The van der Waals surface area contributed by atoms with Crippen LogP contribution in [0.5, 0.6) is 0 Å². The van der Waals surface area contributed by atoms with Gasteiger partial charge in [0.25, 0.3) is 0 Å². The number of hydrogen-bond donors (Lipinski definition) is 1. The molecule has 1 aromatic rings. The van der Waals surface area contributed by atoms with Crippen molar-refractivity contribution in [1.29, 1.82) is 0 Å². The van der Waals surface area contributed by atoms with E-state index in [9.17, 15) is 0 Å². The first-order valence-corrected chi connectivity index (χ1v) is 7.85. The Hall–Kier alpha value is -0.860. The summed E-state index contributed by atoms with van der Waals surface area (Å²) >= 11 is 0. The van der Waals surface area contributed by atoms with E-state index in [4.69, 9.17) is 0 Å². The van der Waals surface area contributed by atoms with Crippen molar-refractivity contribution in [1.82, 2.24) is 10.2 Å². The molecular weight excluding hydrogens is 244 g/mol. The van der Waals surface area contributed by atoms with Crippen molar-refractivity contribution < 1.29 is 0 Å². The van der Waals surface area contributed by atoms with Crippen LogP contribution in [-0.4, -0.2) is 29.6 Å². The van der Waals surface area contributed by atoms with Crippen molar-refractivity contribution in [3.8, 4) is 0 Å². The molecule has 1 unspecified atom stereocenters. The van der Waals surface area contributed by atoms with E-state index >= 15 is 0 Å². The third-order valence-electron chi connectivity index (χ3n) is 4.87. The average molecular weight is 274 g/mol.